The van der Waals surface area contributed by atoms with Crippen molar-refractivity contribution in [2.24, 2.45) is 0 Å². The molecule has 7 heteroatoms. The van der Waals surface area contributed by atoms with E-state index in [9.17, 15) is 18.8 Å². The summed E-state index contributed by atoms with van der Waals surface area (Å²) in [6.07, 6.45) is 3.32. The van der Waals surface area contributed by atoms with Crippen molar-refractivity contribution < 1.29 is 18.8 Å². The Kier molecular flexibility index (Phi) is 4.86. The molecule has 0 spiro atoms. The average Bonchev–Trinajstić information content (AvgIpc) is 2.62. The van der Waals surface area contributed by atoms with Crippen LogP contribution in [-0.4, -0.2) is 35.8 Å². The summed E-state index contributed by atoms with van der Waals surface area (Å²) < 4.78 is 13.1. The number of imide groups is 1. The minimum atomic E-state index is -0.747. The standard InChI is InChI=1S/C14H15FN3O3/c15-10-4-3-5-11(8-10)17-14(21)18-7-2-1-6-12(13(18)20)16-9-19/h3-5,8,12H,1-2,6-7H2,(H,16,19)(H,17,21)/t12-/m0/s1. The molecule has 1 aromatic carbocycles. The third-order valence-corrected chi connectivity index (χ3v) is 3.24. The Bertz CT molecular complexity index is 550. The first-order chi connectivity index (χ1) is 10.1. The van der Waals surface area contributed by atoms with Gasteiger partial charge in [0, 0.05) is 12.2 Å². The van der Waals surface area contributed by atoms with Crippen molar-refractivity contribution in [2.45, 2.75) is 25.3 Å². The number of hydrogen-bond acceptors (Lipinski definition) is 3. The maximum atomic E-state index is 13.1. The minimum absolute atomic E-state index is 0.261. The molecule has 111 valence electrons. The van der Waals surface area contributed by atoms with Crippen molar-refractivity contribution in [3.05, 3.63) is 30.1 Å². The Labute approximate surface area is 121 Å². The molecule has 1 radical (unpaired) electrons. The molecule has 0 unspecified atom stereocenters. The predicted octanol–water partition coefficient (Wildman–Crippen LogP) is 1.40. The van der Waals surface area contributed by atoms with Crippen molar-refractivity contribution in [1.82, 2.24) is 10.2 Å². The molecule has 0 bridgehead atoms. The molecular weight excluding hydrogens is 277 g/mol. The van der Waals surface area contributed by atoms with Gasteiger partial charge in [0.25, 0.3) is 5.91 Å². The number of carbonyl (C=O) groups is 2. The average molecular weight is 292 g/mol. The van der Waals surface area contributed by atoms with Gasteiger partial charge < -0.3 is 10.6 Å². The van der Waals surface area contributed by atoms with Crippen LogP contribution in [0.4, 0.5) is 14.9 Å². The lowest BCUT2D eigenvalue weighted by Crippen LogP contribution is -2.48. The minimum Gasteiger partial charge on any atom is -0.336 e. The third-order valence-electron chi connectivity index (χ3n) is 3.24. The molecule has 1 saturated heterocycles. The number of benzene rings is 1. The summed E-state index contributed by atoms with van der Waals surface area (Å²) in [6, 6.07) is 4.02. The van der Waals surface area contributed by atoms with Crippen molar-refractivity contribution in [2.75, 3.05) is 11.9 Å². The van der Waals surface area contributed by atoms with Crippen LogP contribution in [0.15, 0.2) is 24.3 Å². The van der Waals surface area contributed by atoms with Gasteiger partial charge in [-0.25, -0.2) is 9.18 Å². The zero-order chi connectivity index (χ0) is 15.2. The molecule has 1 fully saturated rings. The Hall–Kier alpha value is -2.44. The van der Waals surface area contributed by atoms with Crippen LogP contribution in [0.2, 0.25) is 0 Å². The Morgan fingerprint density at radius 1 is 1.38 bits per heavy atom. The number of rotatable bonds is 3. The van der Waals surface area contributed by atoms with Gasteiger partial charge >= 0.3 is 12.4 Å². The predicted molar refractivity (Wildman–Crippen MR) is 73.6 cm³/mol. The molecule has 21 heavy (non-hydrogen) atoms. The highest BCUT2D eigenvalue weighted by atomic mass is 19.1. The lowest BCUT2D eigenvalue weighted by atomic mass is 10.1. The summed E-state index contributed by atoms with van der Waals surface area (Å²) in [5.74, 6) is -0.963. The molecule has 1 aromatic rings. The Morgan fingerprint density at radius 3 is 2.90 bits per heavy atom. The van der Waals surface area contributed by atoms with Crippen molar-refractivity contribution in [1.29, 1.82) is 0 Å². The third kappa shape index (κ3) is 3.77. The molecule has 6 nitrogen and oxygen atoms in total. The molecule has 2 N–H and O–H groups in total. The molecule has 2 rings (SSSR count). The van der Waals surface area contributed by atoms with E-state index in [4.69, 9.17) is 0 Å². The van der Waals surface area contributed by atoms with Gasteiger partial charge in [0.15, 0.2) is 0 Å². The van der Waals surface area contributed by atoms with Gasteiger partial charge in [0.05, 0.1) is 0 Å². The number of nitrogens with one attached hydrogen (secondary N) is 2. The Morgan fingerprint density at radius 2 is 2.19 bits per heavy atom. The molecule has 1 atom stereocenters. The summed E-state index contributed by atoms with van der Waals surface area (Å²) in [5.41, 5.74) is 0.267. The highest BCUT2D eigenvalue weighted by Crippen LogP contribution is 2.15. The lowest BCUT2D eigenvalue weighted by molar-refractivity contribution is -0.129. The van der Waals surface area contributed by atoms with Gasteiger partial charge in [-0.15, -0.1) is 0 Å². The lowest BCUT2D eigenvalue weighted by Gasteiger charge is -2.22. The molecule has 0 saturated carbocycles. The maximum absolute atomic E-state index is 13.1. The number of likely N-dealkylation sites (tertiary alicyclic amines) is 1. The van der Waals surface area contributed by atoms with E-state index in [0.717, 1.165) is 17.4 Å². The summed E-state index contributed by atoms with van der Waals surface area (Å²) in [6.45, 7) is 0.261. The Balaban J connectivity index is 2.09. The number of nitrogens with zero attached hydrogens (tertiary/aromatic N) is 1. The zero-order valence-corrected chi connectivity index (χ0v) is 11.3. The van der Waals surface area contributed by atoms with E-state index in [0.29, 0.717) is 12.8 Å². The van der Waals surface area contributed by atoms with E-state index in [2.05, 4.69) is 10.6 Å². The van der Waals surface area contributed by atoms with E-state index < -0.39 is 23.8 Å². The van der Waals surface area contributed by atoms with Crippen LogP contribution in [0, 0.1) is 5.82 Å². The van der Waals surface area contributed by atoms with Crippen LogP contribution in [0.5, 0.6) is 0 Å². The number of carbonyl (C=O) groups excluding carboxylic acids is 3. The van der Waals surface area contributed by atoms with Gasteiger partial charge in [-0.1, -0.05) is 6.07 Å². The molecular formula is C14H15FN3O3. The number of hydrogen-bond donors (Lipinski definition) is 2. The van der Waals surface area contributed by atoms with E-state index in [1.54, 1.807) is 0 Å². The van der Waals surface area contributed by atoms with Gasteiger partial charge in [0.2, 0.25) is 0 Å². The molecule has 0 aliphatic carbocycles. The SMILES string of the molecule is O=[C]N[C@H]1CCCCN(C(=O)Nc2cccc(F)c2)C1=O. The summed E-state index contributed by atoms with van der Waals surface area (Å²) >= 11 is 0. The number of anilines is 1. The van der Waals surface area contributed by atoms with Crippen LogP contribution in [0.1, 0.15) is 19.3 Å². The first-order valence-corrected chi connectivity index (χ1v) is 6.62. The van der Waals surface area contributed by atoms with Crippen LogP contribution < -0.4 is 10.6 Å². The summed E-state index contributed by atoms with van der Waals surface area (Å²) in [7, 11) is 0. The molecule has 4 amide bonds. The van der Waals surface area contributed by atoms with Gasteiger partial charge in [0.1, 0.15) is 11.9 Å². The van der Waals surface area contributed by atoms with Crippen molar-refractivity contribution in [3.8, 4) is 0 Å². The fraction of sp³-hybridized carbons (Fsp3) is 0.357. The molecule has 1 aliphatic rings. The van der Waals surface area contributed by atoms with Crippen molar-refractivity contribution in [3.63, 3.8) is 0 Å². The largest absolute Gasteiger partial charge is 0.336 e. The van der Waals surface area contributed by atoms with Crippen molar-refractivity contribution >= 4 is 24.0 Å². The maximum Gasteiger partial charge on any atom is 0.328 e. The second kappa shape index (κ2) is 6.83. The highest BCUT2D eigenvalue weighted by molar-refractivity contribution is 6.03. The highest BCUT2D eigenvalue weighted by Gasteiger charge is 2.30. The smallest absolute Gasteiger partial charge is 0.328 e. The van der Waals surface area contributed by atoms with Gasteiger partial charge in [-0.2, -0.15) is 0 Å². The summed E-state index contributed by atoms with van der Waals surface area (Å²) in [4.78, 5) is 35.7. The van der Waals surface area contributed by atoms with E-state index in [1.807, 2.05) is 0 Å². The molecule has 0 aromatic heterocycles. The first-order valence-electron chi connectivity index (χ1n) is 6.62. The first kappa shape index (κ1) is 15.0. The monoisotopic (exact) mass is 292 g/mol. The second-order valence-electron chi connectivity index (χ2n) is 4.73. The van der Waals surface area contributed by atoms with Crippen LogP contribution in [-0.2, 0) is 9.59 Å². The second-order valence-corrected chi connectivity index (χ2v) is 4.73. The van der Waals surface area contributed by atoms with Crippen LogP contribution >= 0.6 is 0 Å². The molecule has 1 aliphatic heterocycles. The van der Waals surface area contributed by atoms with E-state index in [1.165, 1.54) is 24.6 Å². The molecule has 1 heterocycles. The summed E-state index contributed by atoms with van der Waals surface area (Å²) in [5, 5.41) is 4.77. The van der Waals surface area contributed by atoms with E-state index in [-0.39, 0.29) is 12.2 Å². The fourth-order valence-electron chi connectivity index (χ4n) is 2.20. The number of amides is 4. The van der Waals surface area contributed by atoms with Gasteiger partial charge in [-0.3, -0.25) is 14.5 Å². The number of urea groups is 1. The number of halogens is 1. The normalized spacial score (nSPS) is 18.8. The van der Waals surface area contributed by atoms with Crippen LogP contribution in [0.25, 0.3) is 0 Å². The van der Waals surface area contributed by atoms with Crippen LogP contribution in [0.3, 0.4) is 0 Å². The fourth-order valence-corrected chi connectivity index (χ4v) is 2.20. The quantitative estimate of drug-likeness (QED) is 0.826. The topological polar surface area (TPSA) is 78.5 Å². The van der Waals surface area contributed by atoms with E-state index >= 15 is 0 Å². The van der Waals surface area contributed by atoms with Gasteiger partial charge in [-0.05, 0) is 37.5 Å². The zero-order valence-electron chi connectivity index (χ0n) is 11.3.